The number of aryl methyl sites for hydroxylation is 1. The number of carbonyl (C=O) groups excluding carboxylic acids is 2. The summed E-state index contributed by atoms with van der Waals surface area (Å²) in [5.41, 5.74) is 1.89. The molecule has 3 rings (SSSR count). The number of esters is 1. The van der Waals surface area contributed by atoms with E-state index in [4.69, 9.17) is 9.47 Å². The van der Waals surface area contributed by atoms with Crippen molar-refractivity contribution in [2.24, 2.45) is 5.92 Å². The van der Waals surface area contributed by atoms with Gasteiger partial charge in [0.15, 0.2) is 6.61 Å². The highest BCUT2D eigenvalue weighted by Gasteiger charge is 2.31. The average Bonchev–Trinajstić information content (AvgIpc) is 2.80. The molecular formula is C23H28N2O6S. The van der Waals surface area contributed by atoms with Crippen LogP contribution in [0.4, 0.5) is 5.69 Å². The number of nitrogens with one attached hydrogen (secondary N) is 1. The highest BCUT2D eigenvalue weighted by molar-refractivity contribution is 7.89. The molecule has 0 fully saturated rings. The van der Waals surface area contributed by atoms with E-state index in [-0.39, 0.29) is 16.7 Å². The van der Waals surface area contributed by atoms with Gasteiger partial charge in [0, 0.05) is 12.2 Å². The molecule has 0 bridgehead atoms. The molecule has 0 saturated heterocycles. The van der Waals surface area contributed by atoms with Gasteiger partial charge in [-0.2, -0.15) is 4.72 Å². The van der Waals surface area contributed by atoms with Crippen LogP contribution in [0.1, 0.15) is 25.8 Å². The highest BCUT2D eigenvalue weighted by Crippen LogP contribution is 2.26. The molecule has 1 heterocycles. The molecule has 0 aromatic heterocycles. The molecule has 1 amide bonds. The van der Waals surface area contributed by atoms with Crippen molar-refractivity contribution in [1.82, 2.24) is 4.72 Å². The van der Waals surface area contributed by atoms with E-state index in [1.54, 1.807) is 18.7 Å². The number of anilines is 1. The Balaban J connectivity index is 1.66. The van der Waals surface area contributed by atoms with Crippen LogP contribution in [0.5, 0.6) is 5.75 Å². The molecule has 0 unspecified atom stereocenters. The monoisotopic (exact) mass is 460 g/mol. The van der Waals surface area contributed by atoms with Gasteiger partial charge in [0.25, 0.3) is 5.91 Å². The van der Waals surface area contributed by atoms with Crippen molar-refractivity contribution in [3.8, 4) is 5.75 Å². The van der Waals surface area contributed by atoms with Gasteiger partial charge in [-0.3, -0.25) is 9.59 Å². The summed E-state index contributed by atoms with van der Waals surface area (Å²) in [5.74, 6) is -1.01. The van der Waals surface area contributed by atoms with Crippen LogP contribution in [-0.4, -0.2) is 46.6 Å². The van der Waals surface area contributed by atoms with Crippen molar-refractivity contribution in [2.75, 3.05) is 25.2 Å². The van der Waals surface area contributed by atoms with Crippen molar-refractivity contribution in [2.45, 2.75) is 37.6 Å². The molecule has 1 N–H and O–H groups in total. The molecule has 2 aromatic carbocycles. The first-order valence-corrected chi connectivity index (χ1v) is 11.9. The zero-order valence-corrected chi connectivity index (χ0v) is 19.2. The SMILES string of the molecule is COc1ccc(S(=O)(=O)N[C@H](C(=O)OCC(=O)N2CCCc3ccccc32)C(C)C)cc1. The van der Waals surface area contributed by atoms with Gasteiger partial charge in [-0.25, -0.2) is 8.42 Å². The summed E-state index contributed by atoms with van der Waals surface area (Å²) in [6, 6.07) is 12.3. The van der Waals surface area contributed by atoms with E-state index < -0.39 is 28.6 Å². The predicted octanol–water partition coefficient (Wildman–Crippen LogP) is 2.52. The number of rotatable bonds is 8. The Morgan fingerprint density at radius 1 is 1.09 bits per heavy atom. The molecule has 0 radical (unpaired) electrons. The first-order chi connectivity index (χ1) is 15.2. The number of carbonyl (C=O) groups is 2. The molecule has 8 nitrogen and oxygen atoms in total. The average molecular weight is 461 g/mol. The largest absolute Gasteiger partial charge is 0.497 e. The summed E-state index contributed by atoms with van der Waals surface area (Å²) >= 11 is 0. The van der Waals surface area contributed by atoms with E-state index in [1.165, 1.54) is 31.4 Å². The molecule has 172 valence electrons. The number of sulfonamides is 1. The number of para-hydroxylation sites is 1. The third-order valence-corrected chi connectivity index (χ3v) is 6.78. The number of hydrogen-bond donors (Lipinski definition) is 1. The topological polar surface area (TPSA) is 102 Å². The highest BCUT2D eigenvalue weighted by atomic mass is 32.2. The van der Waals surface area contributed by atoms with Gasteiger partial charge in [-0.1, -0.05) is 32.0 Å². The Labute approximate surface area is 188 Å². The second-order valence-electron chi connectivity index (χ2n) is 7.90. The number of nitrogens with zero attached hydrogens (tertiary/aromatic N) is 1. The van der Waals surface area contributed by atoms with E-state index in [0.717, 1.165) is 24.1 Å². The lowest BCUT2D eigenvalue weighted by atomic mass is 10.0. The number of fused-ring (bicyclic) bond motifs is 1. The normalized spacial score (nSPS) is 14.6. The number of ether oxygens (including phenoxy) is 2. The van der Waals surface area contributed by atoms with Gasteiger partial charge >= 0.3 is 5.97 Å². The van der Waals surface area contributed by atoms with Crippen molar-refractivity contribution >= 4 is 27.6 Å². The second kappa shape index (κ2) is 10.1. The summed E-state index contributed by atoms with van der Waals surface area (Å²) in [6.45, 7) is 3.49. The lowest BCUT2D eigenvalue weighted by Crippen LogP contribution is -2.46. The molecule has 2 aromatic rings. The molecular weight excluding hydrogens is 432 g/mol. The summed E-state index contributed by atoms with van der Waals surface area (Å²) in [4.78, 5) is 27.0. The van der Waals surface area contributed by atoms with E-state index in [1.807, 2.05) is 24.3 Å². The van der Waals surface area contributed by atoms with Gasteiger partial charge in [-0.05, 0) is 54.7 Å². The molecule has 1 aliphatic rings. The summed E-state index contributed by atoms with van der Waals surface area (Å²) in [5, 5.41) is 0. The van der Waals surface area contributed by atoms with Crippen molar-refractivity contribution < 1.29 is 27.5 Å². The standard InChI is InChI=1S/C23H28N2O6S/c1-16(2)22(24-32(28,29)19-12-10-18(30-3)11-13-19)23(27)31-15-21(26)25-14-6-8-17-7-4-5-9-20(17)25/h4-5,7,9-13,16,22,24H,6,8,14-15H2,1-3H3/t22-/m0/s1. The van der Waals surface area contributed by atoms with Gasteiger partial charge in [0.05, 0.1) is 12.0 Å². The Morgan fingerprint density at radius 3 is 2.44 bits per heavy atom. The molecule has 32 heavy (non-hydrogen) atoms. The van der Waals surface area contributed by atoms with Crippen LogP contribution in [0, 0.1) is 5.92 Å². The summed E-state index contributed by atoms with van der Waals surface area (Å²) < 4.78 is 38.2. The number of amides is 1. The van der Waals surface area contributed by atoms with Crippen LogP contribution in [-0.2, 0) is 30.8 Å². The lowest BCUT2D eigenvalue weighted by molar-refractivity contribution is -0.150. The maximum Gasteiger partial charge on any atom is 0.324 e. The molecule has 1 atom stereocenters. The van der Waals surface area contributed by atoms with Crippen molar-refractivity contribution in [3.63, 3.8) is 0 Å². The van der Waals surface area contributed by atoms with Gasteiger partial charge < -0.3 is 14.4 Å². The maximum atomic E-state index is 12.7. The number of benzene rings is 2. The van der Waals surface area contributed by atoms with Crippen LogP contribution in [0.15, 0.2) is 53.4 Å². The number of hydrogen-bond acceptors (Lipinski definition) is 6. The number of methoxy groups -OCH3 is 1. The molecule has 0 aliphatic carbocycles. The van der Waals surface area contributed by atoms with Crippen molar-refractivity contribution in [3.05, 3.63) is 54.1 Å². The fraction of sp³-hybridized carbons (Fsp3) is 0.391. The molecule has 0 saturated carbocycles. The first-order valence-electron chi connectivity index (χ1n) is 10.4. The fourth-order valence-electron chi connectivity index (χ4n) is 3.54. The second-order valence-corrected chi connectivity index (χ2v) is 9.62. The fourth-order valence-corrected chi connectivity index (χ4v) is 4.87. The van der Waals surface area contributed by atoms with Gasteiger partial charge in [0.2, 0.25) is 10.0 Å². The van der Waals surface area contributed by atoms with E-state index >= 15 is 0 Å². The predicted molar refractivity (Wildman–Crippen MR) is 120 cm³/mol. The van der Waals surface area contributed by atoms with Crippen LogP contribution in [0.2, 0.25) is 0 Å². The Bertz CT molecular complexity index is 1070. The third-order valence-electron chi connectivity index (χ3n) is 5.32. The molecule has 0 spiro atoms. The third kappa shape index (κ3) is 5.46. The smallest absolute Gasteiger partial charge is 0.324 e. The zero-order valence-electron chi connectivity index (χ0n) is 18.4. The van der Waals surface area contributed by atoms with Crippen LogP contribution in [0.3, 0.4) is 0 Å². The van der Waals surface area contributed by atoms with Crippen LogP contribution >= 0.6 is 0 Å². The quantitative estimate of drug-likeness (QED) is 0.608. The van der Waals surface area contributed by atoms with E-state index in [0.29, 0.717) is 12.3 Å². The molecule has 9 heteroatoms. The van der Waals surface area contributed by atoms with Crippen LogP contribution < -0.4 is 14.4 Å². The van der Waals surface area contributed by atoms with Crippen molar-refractivity contribution in [1.29, 1.82) is 0 Å². The lowest BCUT2D eigenvalue weighted by Gasteiger charge is -2.29. The Kier molecular flexibility index (Phi) is 7.52. The van der Waals surface area contributed by atoms with Crippen LogP contribution in [0.25, 0.3) is 0 Å². The Morgan fingerprint density at radius 2 is 1.78 bits per heavy atom. The van der Waals surface area contributed by atoms with Gasteiger partial charge in [-0.15, -0.1) is 0 Å². The maximum absolute atomic E-state index is 12.7. The molecule has 1 aliphatic heterocycles. The zero-order chi connectivity index (χ0) is 23.3. The minimum absolute atomic E-state index is 0.00208. The Hall–Kier alpha value is -2.91. The summed E-state index contributed by atoms with van der Waals surface area (Å²) in [7, 11) is -2.49. The first kappa shape index (κ1) is 23.7. The van der Waals surface area contributed by atoms with E-state index in [2.05, 4.69) is 4.72 Å². The summed E-state index contributed by atoms with van der Waals surface area (Å²) in [6.07, 6.45) is 1.72. The van der Waals surface area contributed by atoms with E-state index in [9.17, 15) is 18.0 Å². The van der Waals surface area contributed by atoms with Gasteiger partial charge in [0.1, 0.15) is 11.8 Å². The minimum Gasteiger partial charge on any atom is -0.497 e. The minimum atomic E-state index is -3.98.